The Bertz CT molecular complexity index is 1480. The molecule has 0 radical (unpaired) electrons. The van der Waals surface area contributed by atoms with Crippen molar-refractivity contribution in [2.24, 2.45) is 4.99 Å². The lowest BCUT2D eigenvalue weighted by molar-refractivity contribution is -0.131. The highest BCUT2D eigenvalue weighted by Crippen LogP contribution is 2.40. The van der Waals surface area contributed by atoms with Crippen LogP contribution in [-0.4, -0.2) is 36.5 Å². The van der Waals surface area contributed by atoms with Crippen LogP contribution in [-0.2, 0) is 21.4 Å². The summed E-state index contributed by atoms with van der Waals surface area (Å²) in [4.78, 5) is 32.7. The van der Waals surface area contributed by atoms with E-state index in [0.29, 0.717) is 17.7 Å². The van der Waals surface area contributed by atoms with Gasteiger partial charge in [-0.2, -0.15) is 0 Å². The molecule has 1 fully saturated rings. The third-order valence-corrected chi connectivity index (χ3v) is 8.64. The topological polar surface area (TPSA) is 95.9 Å². The van der Waals surface area contributed by atoms with Gasteiger partial charge >= 0.3 is 0 Å². The Kier molecular flexibility index (Phi) is 7.17. The number of benzene rings is 3. The predicted molar refractivity (Wildman–Crippen MR) is 147 cm³/mol. The minimum absolute atomic E-state index is 0.0206. The van der Waals surface area contributed by atoms with Crippen LogP contribution in [0.3, 0.4) is 0 Å². The van der Waals surface area contributed by atoms with Gasteiger partial charge in [0.15, 0.2) is 0 Å². The van der Waals surface area contributed by atoms with Crippen molar-refractivity contribution in [2.75, 3.05) is 0 Å². The molecular formula is C30H31N3O4S. The fourth-order valence-electron chi connectivity index (χ4n) is 5.32. The molecule has 196 valence electrons. The van der Waals surface area contributed by atoms with Crippen LogP contribution < -0.4 is 4.72 Å². The average molecular weight is 530 g/mol. The van der Waals surface area contributed by atoms with Gasteiger partial charge in [-0.3, -0.25) is 19.5 Å². The van der Waals surface area contributed by atoms with Crippen molar-refractivity contribution < 1.29 is 18.0 Å². The summed E-state index contributed by atoms with van der Waals surface area (Å²) in [6.07, 6.45) is 5.40. The smallest absolute Gasteiger partial charge is 0.264 e. The Morgan fingerprint density at radius 2 is 1.61 bits per heavy atom. The standard InChI is InChI=1S/C30H31N3O4S/c1-2-10-27-31-30(19-8-9-20-30)29(35)33(27)21-22-15-17-23(18-16-22)25-13-6-7-14-26(25)38(36,37)32-28(34)24-11-4-3-5-12-24/h3-7,11-18H,2,8-10,19-21H2,1H3,(H,32,34). The first-order chi connectivity index (χ1) is 18.3. The van der Waals surface area contributed by atoms with E-state index in [1.807, 2.05) is 29.2 Å². The van der Waals surface area contributed by atoms with E-state index in [-0.39, 0.29) is 16.4 Å². The Morgan fingerprint density at radius 3 is 2.29 bits per heavy atom. The summed E-state index contributed by atoms with van der Waals surface area (Å²) in [6.45, 7) is 2.53. The highest BCUT2D eigenvalue weighted by atomic mass is 32.2. The van der Waals surface area contributed by atoms with Crippen LogP contribution in [0.25, 0.3) is 11.1 Å². The highest BCUT2D eigenvalue weighted by Gasteiger charge is 2.49. The molecule has 1 N–H and O–H groups in total. The molecule has 1 aliphatic carbocycles. The summed E-state index contributed by atoms with van der Waals surface area (Å²) in [5.74, 6) is 0.290. The third kappa shape index (κ3) is 5.00. The first-order valence-corrected chi connectivity index (χ1v) is 14.5. The lowest BCUT2D eigenvalue weighted by Crippen LogP contribution is -2.40. The number of rotatable bonds is 8. The second-order valence-corrected chi connectivity index (χ2v) is 11.6. The highest BCUT2D eigenvalue weighted by molar-refractivity contribution is 7.90. The molecule has 8 heteroatoms. The molecule has 0 saturated heterocycles. The number of carbonyl (C=O) groups excluding carboxylic acids is 2. The van der Waals surface area contributed by atoms with E-state index in [4.69, 9.17) is 4.99 Å². The van der Waals surface area contributed by atoms with Crippen LogP contribution in [0.15, 0.2) is 88.8 Å². The number of amidine groups is 1. The fraction of sp³-hybridized carbons (Fsp3) is 0.300. The molecule has 1 saturated carbocycles. The summed E-state index contributed by atoms with van der Waals surface area (Å²) in [5, 5.41) is 0. The molecule has 2 amide bonds. The van der Waals surface area contributed by atoms with Crippen molar-refractivity contribution in [3.63, 3.8) is 0 Å². The van der Waals surface area contributed by atoms with Gasteiger partial charge in [0.05, 0.1) is 11.4 Å². The fourth-order valence-corrected chi connectivity index (χ4v) is 6.53. The molecule has 1 heterocycles. The molecule has 1 spiro atoms. The number of nitrogens with zero attached hydrogens (tertiary/aromatic N) is 2. The Morgan fingerprint density at radius 1 is 0.947 bits per heavy atom. The maximum absolute atomic E-state index is 13.4. The molecule has 2 aliphatic rings. The predicted octanol–water partition coefficient (Wildman–Crippen LogP) is 5.33. The number of carbonyl (C=O) groups is 2. The molecule has 3 aromatic carbocycles. The number of nitrogens with one attached hydrogen (secondary N) is 1. The average Bonchev–Trinajstić information content (AvgIpc) is 3.50. The van der Waals surface area contributed by atoms with Crippen molar-refractivity contribution in [1.29, 1.82) is 0 Å². The normalized spacial score (nSPS) is 16.6. The van der Waals surface area contributed by atoms with Crippen LogP contribution in [0.2, 0.25) is 0 Å². The maximum Gasteiger partial charge on any atom is 0.264 e. The van der Waals surface area contributed by atoms with E-state index in [1.165, 1.54) is 6.07 Å². The number of hydrogen-bond acceptors (Lipinski definition) is 5. The zero-order valence-corrected chi connectivity index (χ0v) is 22.2. The van der Waals surface area contributed by atoms with Gasteiger partial charge in [0, 0.05) is 17.5 Å². The molecule has 0 unspecified atom stereocenters. The Hall–Kier alpha value is -3.78. The number of hydrogen-bond donors (Lipinski definition) is 1. The summed E-state index contributed by atoms with van der Waals surface area (Å²) in [6, 6.07) is 22.4. The SMILES string of the molecule is CCCC1=NC2(CCCC2)C(=O)N1Cc1ccc(-c2ccccc2S(=O)(=O)NC(=O)c2ccccc2)cc1. The van der Waals surface area contributed by atoms with Gasteiger partial charge in [0.25, 0.3) is 21.8 Å². The lowest BCUT2D eigenvalue weighted by Gasteiger charge is -2.22. The van der Waals surface area contributed by atoms with E-state index in [0.717, 1.165) is 49.9 Å². The van der Waals surface area contributed by atoms with Crippen LogP contribution in [0.4, 0.5) is 0 Å². The van der Waals surface area contributed by atoms with Gasteiger partial charge < -0.3 is 0 Å². The van der Waals surface area contributed by atoms with Crippen LogP contribution in [0, 0.1) is 0 Å². The van der Waals surface area contributed by atoms with Gasteiger partial charge in [0.2, 0.25) is 0 Å². The Balaban J connectivity index is 1.37. The number of aliphatic imine (C=N–C) groups is 1. The summed E-state index contributed by atoms with van der Waals surface area (Å²) in [5.41, 5.74) is 1.83. The van der Waals surface area contributed by atoms with Crippen LogP contribution >= 0.6 is 0 Å². The quantitative estimate of drug-likeness (QED) is 0.427. The number of sulfonamides is 1. The minimum Gasteiger partial charge on any atom is -0.294 e. The van der Waals surface area contributed by atoms with Crippen molar-refractivity contribution >= 4 is 27.7 Å². The molecule has 7 nitrogen and oxygen atoms in total. The first kappa shape index (κ1) is 25.9. The van der Waals surface area contributed by atoms with Crippen LogP contribution in [0.5, 0.6) is 0 Å². The van der Waals surface area contributed by atoms with E-state index in [9.17, 15) is 18.0 Å². The zero-order chi connectivity index (χ0) is 26.8. The second kappa shape index (κ2) is 10.5. The summed E-state index contributed by atoms with van der Waals surface area (Å²) >= 11 is 0. The van der Waals surface area contributed by atoms with Gasteiger partial charge in [-0.25, -0.2) is 13.1 Å². The third-order valence-electron chi connectivity index (χ3n) is 7.25. The monoisotopic (exact) mass is 529 g/mol. The molecule has 0 bridgehead atoms. The van der Waals surface area contributed by atoms with E-state index >= 15 is 0 Å². The first-order valence-electron chi connectivity index (χ1n) is 13.0. The molecular weight excluding hydrogens is 498 g/mol. The summed E-state index contributed by atoms with van der Waals surface area (Å²) < 4.78 is 28.5. The Labute approximate surface area is 223 Å². The molecule has 0 atom stereocenters. The van der Waals surface area contributed by atoms with Crippen molar-refractivity contribution in [3.05, 3.63) is 90.0 Å². The van der Waals surface area contributed by atoms with Crippen molar-refractivity contribution in [2.45, 2.75) is 62.4 Å². The molecule has 3 aromatic rings. The minimum atomic E-state index is -4.12. The van der Waals surface area contributed by atoms with Gasteiger partial charge in [-0.05, 0) is 48.6 Å². The van der Waals surface area contributed by atoms with Crippen molar-refractivity contribution in [1.82, 2.24) is 9.62 Å². The van der Waals surface area contributed by atoms with Gasteiger partial charge in [-0.15, -0.1) is 0 Å². The van der Waals surface area contributed by atoms with Gasteiger partial charge in [0.1, 0.15) is 11.4 Å². The van der Waals surface area contributed by atoms with Gasteiger partial charge in [-0.1, -0.05) is 80.4 Å². The van der Waals surface area contributed by atoms with Crippen LogP contribution in [0.1, 0.15) is 61.4 Å². The summed E-state index contributed by atoms with van der Waals surface area (Å²) in [7, 11) is -4.12. The molecule has 1 aliphatic heterocycles. The van der Waals surface area contributed by atoms with Crippen molar-refractivity contribution in [3.8, 4) is 11.1 Å². The maximum atomic E-state index is 13.4. The molecule has 5 rings (SSSR count). The molecule has 38 heavy (non-hydrogen) atoms. The second-order valence-electron chi connectivity index (χ2n) is 9.90. The van der Waals surface area contributed by atoms with E-state index in [1.54, 1.807) is 48.5 Å². The van der Waals surface area contributed by atoms with E-state index < -0.39 is 21.5 Å². The largest absolute Gasteiger partial charge is 0.294 e. The number of amides is 2. The van der Waals surface area contributed by atoms with E-state index in [2.05, 4.69) is 11.6 Å². The lowest BCUT2D eigenvalue weighted by atomic mass is 9.98. The molecule has 0 aromatic heterocycles. The zero-order valence-electron chi connectivity index (χ0n) is 21.4.